The molecule has 0 unspecified atom stereocenters. The van der Waals surface area contributed by atoms with E-state index in [1.165, 1.54) is 12.1 Å². The van der Waals surface area contributed by atoms with E-state index in [2.05, 4.69) is 15.9 Å². The number of primary amides is 1. The van der Waals surface area contributed by atoms with Crippen molar-refractivity contribution in [2.45, 2.75) is 25.9 Å². The zero-order valence-electron chi connectivity index (χ0n) is 9.09. The van der Waals surface area contributed by atoms with Gasteiger partial charge in [0.25, 0.3) is 0 Å². The molecule has 0 spiro atoms. The van der Waals surface area contributed by atoms with E-state index < -0.39 is 11.7 Å². The van der Waals surface area contributed by atoms with Gasteiger partial charge in [-0.25, -0.2) is 9.18 Å². The predicted molar refractivity (Wildman–Crippen MR) is 62.6 cm³/mol. The van der Waals surface area contributed by atoms with Gasteiger partial charge >= 0.3 is 6.09 Å². The number of nitrogens with two attached hydrogens (primary N) is 1. The molecule has 1 aromatic rings. The van der Waals surface area contributed by atoms with Gasteiger partial charge in [-0.2, -0.15) is 0 Å². The number of ether oxygens (including phenoxy) is 1. The summed E-state index contributed by atoms with van der Waals surface area (Å²) in [5.74, 6) is -0.326. The first-order chi connectivity index (χ1) is 7.30. The van der Waals surface area contributed by atoms with Crippen molar-refractivity contribution in [3.05, 3.63) is 34.1 Å². The lowest BCUT2D eigenvalue weighted by Gasteiger charge is -2.24. The summed E-state index contributed by atoms with van der Waals surface area (Å²) in [6.07, 6.45) is -0.452. The van der Waals surface area contributed by atoms with Crippen LogP contribution in [0.4, 0.5) is 9.18 Å². The molecule has 0 aliphatic heterocycles. The molecule has 0 fully saturated rings. The monoisotopic (exact) mass is 289 g/mol. The molecule has 0 radical (unpaired) electrons. The highest BCUT2D eigenvalue weighted by atomic mass is 79.9. The number of hydrogen-bond acceptors (Lipinski definition) is 2. The van der Waals surface area contributed by atoms with Crippen LogP contribution in [0.5, 0.6) is 0 Å². The van der Waals surface area contributed by atoms with Gasteiger partial charge in [-0.1, -0.05) is 15.9 Å². The normalized spacial score (nSPS) is 11.2. The molecule has 0 aliphatic rings. The molecule has 1 aromatic carbocycles. The molecule has 0 aliphatic carbocycles. The molecule has 2 N–H and O–H groups in total. The van der Waals surface area contributed by atoms with Crippen molar-refractivity contribution in [1.29, 1.82) is 0 Å². The Hall–Kier alpha value is -1.10. The second-order valence-electron chi connectivity index (χ2n) is 4.09. The van der Waals surface area contributed by atoms with Crippen molar-refractivity contribution < 1.29 is 13.9 Å². The molecular weight excluding hydrogens is 277 g/mol. The van der Waals surface area contributed by atoms with Crippen LogP contribution in [-0.4, -0.2) is 11.7 Å². The van der Waals surface area contributed by atoms with E-state index in [9.17, 15) is 9.18 Å². The van der Waals surface area contributed by atoms with Gasteiger partial charge in [0, 0.05) is 10.9 Å². The molecule has 1 amide bonds. The summed E-state index contributed by atoms with van der Waals surface area (Å²) in [5, 5.41) is 0. The van der Waals surface area contributed by atoms with Crippen molar-refractivity contribution in [1.82, 2.24) is 0 Å². The SMILES string of the molecule is CC(C)(Cc1cc(F)ccc1Br)OC(N)=O. The van der Waals surface area contributed by atoms with E-state index in [-0.39, 0.29) is 5.82 Å². The van der Waals surface area contributed by atoms with E-state index in [0.717, 1.165) is 10.0 Å². The van der Waals surface area contributed by atoms with Crippen LogP contribution in [0.25, 0.3) is 0 Å². The van der Waals surface area contributed by atoms with Crippen molar-refractivity contribution in [3.63, 3.8) is 0 Å². The molecule has 0 aromatic heterocycles. The number of benzene rings is 1. The maximum absolute atomic E-state index is 13.0. The third-order valence-corrected chi connectivity index (χ3v) is 2.77. The Kier molecular flexibility index (Phi) is 3.91. The third kappa shape index (κ3) is 3.81. The minimum atomic E-state index is -0.836. The molecule has 3 nitrogen and oxygen atoms in total. The van der Waals surface area contributed by atoms with Crippen molar-refractivity contribution in [3.8, 4) is 0 Å². The summed E-state index contributed by atoms with van der Waals surface area (Å²) in [6.45, 7) is 3.43. The number of halogens is 2. The Balaban J connectivity index is 2.86. The second kappa shape index (κ2) is 4.82. The topological polar surface area (TPSA) is 52.3 Å². The van der Waals surface area contributed by atoms with Crippen molar-refractivity contribution in [2.75, 3.05) is 0 Å². The van der Waals surface area contributed by atoms with Crippen LogP contribution < -0.4 is 5.73 Å². The number of amides is 1. The Morgan fingerprint density at radius 3 is 2.75 bits per heavy atom. The zero-order valence-corrected chi connectivity index (χ0v) is 10.7. The summed E-state index contributed by atoms with van der Waals surface area (Å²) >= 11 is 3.31. The first-order valence-corrected chi connectivity index (χ1v) is 5.52. The quantitative estimate of drug-likeness (QED) is 0.930. The Labute approximate surface area is 102 Å². The highest BCUT2D eigenvalue weighted by molar-refractivity contribution is 9.10. The van der Waals surface area contributed by atoms with E-state index in [1.54, 1.807) is 19.9 Å². The Bertz CT molecular complexity index is 407. The minimum absolute atomic E-state index is 0.326. The zero-order chi connectivity index (χ0) is 12.3. The third-order valence-electron chi connectivity index (χ3n) is 2.00. The van der Waals surface area contributed by atoms with E-state index >= 15 is 0 Å². The average molecular weight is 290 g/mol. The summed E-state index contributed by atoms with van der Waals surface area (Å²) in [4.78, 5) is 10.7. The predicted octanol–water partition coefficient (Wildman–Crippen LogP) is 3.00. The number of rotatable bonds is 3. The maximum Gasteiger partial charge on any atom is 0.405 e. The average Bonchev–Trinajstić information content (AvgIpc) is 2.08. The van der Waals surface area contributed by atoms with Crippen LogP contribution in [0.15, 0.2) is 22.7 Å². The van der Waals surface area contributed by atoms with Gasteiger partial charge in [-0.3, -0.25) is 0 Å². The summed E-state index contributed by atoms with van der Waals surface area (Å²) in [7, 11) is 0. The fourth-order valence-corrected chi connectivity index (χ4v) is 1.83. The molecule has 1 rings (SSSR count). The molecule has 0 atom stereocenters. The highest BCUT2D eigenvalue weighted by Crippen LogP contribution is 2.24. The largest absolute Gasteiger partial charge is 0.443 e. The standard InChI is InChI=1S/C11H13BrFNO2/c1-11(2,16-10(14)15)6-7-5-8(13)3-4-9(7)12/h3-5H,6H2,1-2H3,(H2,14,15). The van der Waals surface area contributed by atoms with Crippen LogP contribution in [0.3, 0.4) is 0 Å². The van der Waals surface area contributed by atoms with Crippen molar-refractivity contribution >= 4 is 22.0 Å². The van der Waals surface area contributed by atoms with Crippen LogP contribution in [0, 0.1) is 5.82 Å². The molecule has 0 saturated carbocycles. The molecule has 16 heavy (non-hydrogen) atoms. The molecular formula is C11H13BrFNO2. The second-order valence-corrected chi connectivity index (χ2v) is 4.95. The van der Waals surface area contributed by atoms with Gasteiger partial charge in [-0.15, -0.1) is 0 Å². The summed E-state index contributed by atoms with van der Waals surface area (Å²) < 4.78 is 18.7. The molecule has 88 valence electrons. The first-order valence-electron chi connectivity index (χ1n) is 4.72. The highest BCUT2D eigenvalue weighted by Gasteiger charge is 2.23. The fourth-order valence-electron chi connectivity index (χ4n) is 1.45. The van der Waals surface area contributed by atoms with Gasteiger partial charge in [0.2, 0.25) is 0 Å². The Morgan fingerprint density at radius 2 is 2.19 bits per heavy atom. The van der Waals surface area contributed by atoms with Gasteiger partial charge in [-0.05, 0) is 37.6 Å². The molecule has 5 heteroatoms. The van der Waals surface area contributed by atoms with Gasteiger partial charge in [0.1, 0.15) is 11.4 Å². The van der Waals surface area contributed by atoms with E-state index in [4.69, 9.17) is 10.5 Å². The minimum Gasteiger partial charge on any atom is -0.443 e. The summed E-state index contributed by atoms with van der Waals surface area (Å²) in [6, 6.07) is 4.37. The molecule has 0 saturated heterocycles. The van der Waals surface area contributed by atoms with Gasteiger partial charge in [0.05, 0.1) is 0 Å². The fraction of sp³-hybridized carbons (Fsp3) is 0.364. The van der Waals surface area contributed by atoms with E-state index in [0.29, 0.717) is 6.42 Å². The summed E-state index contributed by atoms with van der Waals surface area (Å²) in [5.41, 5.74) is 4.92. The van der Waals surface area contributed by atoms with E-state index in [1.807, 2.05) is 0 Å². The molecule has 0 bridgehead atoms. The van der Waals surface area contributed by atoms with Gasteiger partial charge < -0.3 is 10.5 Å². The number of carbonyl (C=O) groups excluding carboxylic acids is 1. The smallest absolute Gasteiger partial charge is 0.405 e. The number of carbonyl (C=O) groups is 1. The van der Waals surface area contributed by atoms with Crippen LogP contribution in [0.2, 0.25) is 0 Å². The van der Waals surface area contributed by atoms with Gasteiger partial charge in [0.15, 0.2) is 0 Å². The molecule has 0 heterocycles. The van der Waals surface area contributed by atoms with Crippen molar-refractivity contribution in [2.24, 2.45) is 5.73 Å². The lowest BCUT2D eigenvalue weighted by molar-refractivity contribution is 0.0459. The lowest BCUT2D eigenvalue weighted by Crippen LogP contribution is -2.33. The van der Waals surface area contributed by atoms with Crippen LogP contribution >= 0.6 is 15.9 Å². The maximum atomic E-state index is 13.0. The first kappa shape index (κ1) is 13.0. The van der Waals surface area contributed by atoms with Crippen LogP contribution in [-0.2, 0) is 11.2 Å². The van der Waals surface area contributed by atoms with Crippen LogP contribution in [0.1, 0.15) is 19.4 Å². The Morgan fingerprint density at radius 1 is 1.56 bits per heavy atom. The lowest BCUT2D eigenvalue weighted by atomic mass is 9.98. The number of hydrogen-bond donors (Lipinski definition) is 1.